The number of amides is 1. The second-order valence-electron chi connectivity index (χ2n) is 5.22. The molecule has 1 heterocycles. The molecule has 26 heavy (non-hydrogen) atoms. The van der Waals surface area contributed by atoms with E-state index in [-0.39, 0.29) is 18.0 Å². The van der Waals surface area contributed by atoms with Crippen LogP contribution in [0.15, 0.2) is 65.4 Å². The summed E-state index contributed by atoms with van der Waals surface area (Å²) in [6.07, 6.45) is 3.02. The van der Waals surface area contributed by atoms with Gasteiger partial charge in [-0.05, 0) is 30.3 Å². The van der Waals surface area contributed by atoms with E-state index in [0.717, 1.165) is 4.47 Å². The lowest BCUT2D eigenvalue weighted by Crippen LogP contribution is -2.13. The summed E-state index contributed by atoms with van der Waals surface area (Å²) in [5.74, 6) is 0.0971. The molecule has 0 spiro atoms. The number of hydrogen-bond donors (Lipinski definition) is 1. The summed E-state index contributed by atoms with van der Waals surface area (Å²) in [6.45, 7) is 0.156. The van der Waals surface area contributed by atoms with Crippen LogP contribution in [0.25, 0.3) is 0 Å². The van der Waals surface area contributed by atoms with Crippen LogP contribution < -0.4 is 10.1 Å². The van der Waals surface area contributed by atoms with E-state index in [9.17, 15) is 14.9 Å². The summed E-state index contributed by atoms with van der Waals surface area (Å²) in [5.41, 5.74) is 0.139. The lowest BCUT2D eigenvalue weighted by Gasteiger charge is -2.06. The number of nitro benzene ring substituents is 1. The Balaban J connectivity index is 1.64. The van der Waals surface area contributed by atoms with Crippen LogP contribution in [0.3, 0.4) is 0 Å². The molecule has 8 nitrogen and oxygen atoms in total. The van der Waals surface area contributed by atoms with Crippen molar-refractivity contribution in [3.63, 3.8) is 0 Å². The molecule has 1 amide bonds. The highest BCUT2D eigenvalue weighted by Gasteiger charge is 2.19. The van der Waals surface area contributed by atoms with Gasteiger partial charge < -0.3 is 10.1 Å². The first-order chi connectivity index (χ1) is 12.5. The van der Waals surface area contributed by atoms with Crippen LogP contribution in [-0.2, 0) is 6.73 Å². The zero-order valence-electron chi connectivity index (χ0n) is 13.3. The second-order valence-corrected chi connectivity index (χ2v) is 6.14. The second kappa shape index (κ2) is 7.79. The van der Waals surface area contributed by atoms with Crippen LogP contribution in [0.4, 0.5) is 11.4 Å². The Labute approximate surface area is 156 Å². The lowest BCUT2D eigenvalue weighted by molar-refractivity contribution is -0.385. The van der Waals surface area contributed by atoms with Crippen molar-refractivity contribution in [2.75, 3.05) is 5.32 Å². The number of nitro groups is 1. The molecule has 0 fully saturated rings. The molecule has 1 N–H and O–H groups in total. The third kappa shape index (κ3) is 4.25. The Morgan fingerprint density at radius 2 is 1.96 bits per heavy atom. The molecule has 0 aliphatic rings. The number of para-hydroxylation sites is 1. The molecule has 3 aromatic rings. The summed E-state index contributed by atoms with van der Waals surface area (Å²) in [5, 5.41) is 17.7. The highest BCUT2D eigenvalue weighted by molar-refractivity contribution is 9.10. The maximum absolute atomic E-state index is 12.3. The molecule has 2 aromatic carbocycles. The van der Waals surface area contributed by atoms with Crippen LogP contribution in [0, 0.1) is 10.1 Å². The van der Waals surface area contributed by atoms with E-state index in [1.54, 1.807) is 12.3 Å². The summed E-state index contributed by atoms with van der Waals surface area (Å²) in [6, 6.07) is 13.1. The maximum Gasteiger partial charge on any atom is 0.282 e. The number of hydrogen-bond acceptors (Lipinski definition) is 5. The normalized spacial score (nSPS) is 10.3. The van der Waals surface area contributed by atoms with Gasteiger partial charge in [-0.2, -0.15) is 5.10 Å². The molecule has 9 heteroatoms. The third-order valence-corrected chi connectivity index (χ3v) is 3.94. The number of rotatable bonds is 6. The first-order valence-corrected chi connectivity index (χ1v) is 8.28. The van der Waals surface area contributed by atoms with E-state index >= 15 is 0 Å². The number of ether oxygens (including phenoxy) is 1. The molecule has 0 saturated carbocycles. The zero-order valence-corrected chi connectivity index (χ0v) is 14.9. The van der Waals surface area contributed by atoms with Crippen molar-refractivity contribution in [3.8, 4) is 5.75 Å². The van der Waals surface area contributed by atoms with E-state index in [0.29, 0.717) is 11.4 Å². The molecule has 0 aliphatic carbocycles. The topological polar surface area (TPSA) is 99.3 Å². The van der Waals surface area contributed by atoms with Crippen LogP contribution in [0.5, 0.6) is 5.75 Å². The van der Waals surface area contributed by atoms with Gasteiger partial charge >= 0.3 is 0 Å². The third-order valence-electron chi connectivity index (χ3n) is 3.41. The molecular weight excluding hydrogens is 404 g/mol. The number of carbonyl (C=O) groups excluding carboxylic acids is 1. The van der Waals surface area contributed by atoms with Gasteiger partial charge in [-0.15, -0.1) is 0 Å². The number of nitrogens with zero attached hydrogens (tertiary/aromatic N) is 3. The molecule has 132 valence electrons. The van der Waals surface area contributed by atoms with Crippen molar-refractivity contribution in [1.29, 1.82) is 0 Å². The SMILES string of the molecule is O=C(Nc1cnn(COc2ccc(Br)cc2)c1)c1ccccc1[N+](=O)[O-]. The molecule has 0 unspecified atom stereocenters. The number of aromatic nitrogens is 2. The van der Waals surface area contributed by atoms with Crippen molar-refractivity contribution < 1.29 is 14.5 Å². The Morgan fingerprint density at radius 3 is 2.69 bits per heavy atom. The highest BCUT2D eigenvalue weighted by Crippen LogP contribution is 2.20. The minimum Gasteiger partial charge on any atom is -0.471 e. The average Bonchev–Trinajstić information content (AvgIpc) is 3.08. The molecule has 0 radical (unpaired) electrons. The number of anilines is 1. The Kier molecular flexibility index (Phi) is 5.28. The summed E-state index contributed by atoms with van der Waals surface area (Å²) < 4.78 is 8.02. The van der Waals surface area contributed by atoms with Gasteiger partial charge in [0, 0.05) is 10.5 Å². The van der Waals surface area contributed by atoms with E-state index in [2.05, 4.69) is 26.3 Å². The molecule has 0 bridgehead atoms. The average molecular weight is 417 g/mol. The Morgan fingerprint density at radius 1 is 1.23 bits per heavy atom. The standard InChI is InChI=1S/C17H13BrN4O4/c18-12-5-7-14(8-6-12)26-11-21-10-13(9-19-21)20-17(23)15-3-1-2-4-16(15)22(24)25/h1-10H,11H2,(H,20,23). The molecule has 0 saturated heterocycles. The van der Waals surface area contributed by atoms with E-state index in [1.807, 2.05) is 24.3 Å². The van der Waals surface area contributed by atoms with Gasteiger partial charge in [-0.25, -0.2) is 4.68 Å². The van der Waals surface area contributed by atoms with E-state index in [1.165, 1.54) is 29.1 Å². The van der Waals surface area contributed by atoms with Crippen molar-refractivity contribution in [2.24, 2.45) is 0 Å². The fraction of sp³-hybridized carbons (Fsp3) is 0.0588. The smallest absolute Gasteiger partial charge is 0.282 e. The molecular formula is C17H13BrN4O4. The number of benzene rings is 2. The van der Waals surface area contributed by atoms with E-state index in [4.69, 9.17) is 4.74 Å². The number of halogens is 1. The first-order valence-electron chi connectivity index (χ1n) is 7.48. The van der Waals surface area contributed by atoms with Crippen LogP contribution >= 0.6 is 15.9 Å². The van der Waals surface area contributed by atoms with E-state index < -0.39 is 10.8 Å². The van der Waals surface area contributed by atoms with Gasteiger partial charge in [0.05, 0.1) is 23.0 Å². The predicted octanol–water partition coefficient (Wildman–Crippen LogP) is 3.84. The molecule has 1 aromatic heterocycles. The predicted molar refractivity (Wildman–Crippen MR) is 98.0 cm³/mol. The van der Waals surface area contributed by atoms with Crippen LogP contribution in [-0.4, -0.2) is 20.6 Å². The Bertz CT molecular complexity index is 940. The van der Waals surface area contributed by atoms with Gasteiger partial charge in [0.25, 0.3) is 11.6 Å². The number of carbonyl (C=O) groups is 1. The van der Waals surface area contributed by atoms with Crippen molar-refractivity contribution in [3.05, 3.63) is 81.1 Å². The fourth-order valence-corrected chi connectivity index (χ4v) is 2.46. The maximum atomic E-state index is 12.3. The largest absolute Gasteiger partial charge is 0.471 e. The monoisotopic (exact) mass is 416 g/mol. The summed E-state index contributed by atoms with van der Waals surface area (Å²) in [4.78, 5) is 22.7. The molecule has 0 aliphatic heterocycles. The summed E-state index contributed by atoms with van der Waals surface area (Å²) in [7, 11) is 0. The van der Waals surface area contributed by atoms with Crippen LogP contribution in [0.2, 0.25) is 0 Å². The minimum absolute atomic E-state index is 0.0173. The van der Waals surface area contributed by atoms with Gasteiger partial charge in [0.1, 0.15) is 11.3 Å². The lowest BCUT2D eigenvalue weighted by atomic mass is 10.1. The Hall–Kier alpha value is -3.20. The highest BCUT2D eigenvalue weighted by atomic mass is 79.9. The van der Waals surface area contributed by atoms with Crippen molar-refractivity contribution in [1.82, 2.24) is 9.78 Å². The molecule has 3 rings (SSSR count). The quantitative estimate of drug-likeness (QED) is 0.485. The fourth-order valence-electron chi connectivity index (χ4n) is 2.19. The number of nitrogens with one attached hydrogen (secondary N) is 1. The zero-order chi connectivity index (χ0) is 18.5. The van der Waals surface area contributed by atoms with Crippen LogP contribution in [0.1, 0.15) is 10.4 Å². The van der Waals surface area contributed by atoms with Crippen molar-refractivity contribution in [2.45, 2.75) is 6.73 Å². The van der Waals surface area contributed by atoms with Gasteiger partial charge in [-0.3, -0.25) is 14.9 Å². The van der Waals surface area contributed by atoms with Gasteiger partial charge in [-0.1, -0.05) is 28.1 Å². The molecule has 0 atom stereocenters. The van der Waals surface area contributed by atoms with Crippen molar-refractivity contribution >= 4 is 33.2 Å². The summed E-state index contributed by atoms with van der Waals surface area (Å²) >= 11 is 3.35. The van der Waals surface area contributed by atoms with Gasteiger partial charge in [0.15, 0.2) is 6.73 Å². The minimum atomic E-state index is -0.593. The van der Waals surface area contributed by atoms with Gasteiger partial charge in [0.2, 0.25) is 0 Å². The first kappa shape index (κ1) is 17.6.